The predicted octanol–water partition coefficient (Wildman–Crippen LogP) is 0.738. The molecule has 0 unspecified atom stereocenters. The topological polar surface area (TPSA) is 101 Å². The molecular formula is C12H11N5O2S. The van der Waals surface area contributed by atoms with E-state index in [2.05, 4.69) is 15.3 Å². The lowest BCUT2D eigenvalue weighted by Gasteiger charge is -2.01. The summed E-state index contributed by atoms with van der Waals surface area (Å²) in [5.41, 5.74) is 1.07. The van der Waals surface area contributed by atoms with Gasteiger partial charge in [-0.2, -0.15) is 5.26 Å². The van der Waals surface area contributed by atoms with Crippen molar-refractivity contribution in [1.82, 2.24) is 14.4 Å². The van der Waals surface area contributed by atoms with Gasteiger partial charge < -0.3 is 0 Å². The Labute approximate surface area is 115 Å². The third kappa shape index (κ3) is 2.73. The normalized spacial score (nSPS) is 12.4. The molecule has 0 spiro atoms. The Balaban J connectivity index is 2.44. The van der Waals surface area contributed by atoms with E-state index >= 15 is 0 Å². The molecule has 0 saturated carbocycles. The highest BCUT2D eigenvalue weighted by Gasteiger charge is 2.17. The third-order valence-corrected chi connectivity index (χ3v) is 3.90. The van der Waals surface area contributed by atoms with Crippen LogP contribution in [-0.4, -0.2) is 41.8 Å². The molecule has 1 aromatic heterocycles. The minimum atomic E-state index is -3.66. The summed E-state index contributed by atoms with van der Waals surface area (Å²) in [6, 6.07) is 6.52. The second-order valence-electron chi connectivity index (χ2n) is 3.86. The number of nitriles is 1. The Bertz CT molecular complexity index is 827. The minimum absolute atomic E-state index is 0.228. The van der Waals surface area contributed by atoms with Crippen LogP contribution in [0.1, 0.15) is 5.56 Å². The smallest absolute Gasteiger partial charge is 0.259 e. The maximum atomic E-state index is 12.2. The van der Waals surface area contributed by atoms with Gasteiger partial charge in [-0.05, 0) is 24.3 Å². The van der Waals surface area contributed by atoms with Gasteiger partial charge in [0.25, 0.3) is 10.0 Å². The summed E-state index contributed by atoms with van der Waals surface area (Å²) < 4.78 is 25.1. The monoisotopic (exact) mass is 289 g/mol. The Morgan fingerprint density at radius 2 is 2.30 bits per heavy atom. The van der Waals surface area contributed by atoms with Crippen molar-refractivity contribution >= 4 is 27.3 Å². The lowest BCUT2D eigenvalue weighted by molar-refractivity contribution is 0.582. The van der Waals surface area contributed by atoms with Crippen molar-refractivity contribution in [3.05, 3.63) is 35.9 Å². The minimum Gasteiger partial charge on any atom is -0.297 e. The SMILES string of the molecule is C/N=C\C=C/CS(=O)(=O)n1nnc2ccc(C#N)cc21. The van der Waals surface area contributed by atoms with Crippen LogP contribution in [0.3, 0.4) is 0 Å². The molecule has 0 radical (unpaired) electrons. The van der Waals surface area contributed by atoms with E-state index < -0.39 is 10.0 Å². The first kappa shape index (κ1) is 13.9. The van der Waals surface area contributed by atoms with E-state index in [9.17, 15) is 8.42 Å². The molecule has 7 nitrogen and oxygen atoms in total. The fourth-order valence-corrected chi connectivity index (χ4v) is 2.66. The largest absolute Gasteiger partial charge is 0.297 e. The van der Waals surface area contributed by atoms with Crippen LogP contribution < -0.4 is 0 Å². The number of hydrogen-bond donors (Lipinski definition) is 0. The van der Waals surface area contributed by atoms with Crippen LogP contribution in [0.25, 0.3) is 11.0 Å². The van der Waals surface area contributed by atoms with E-state index in [1.807, 2.05) is 6.07 Å². The molecular weight excluding hydrogens is 278 g/mol. The molecule has 0 aliphatic rings. The molecule has 0 atom stereocenters. The molecule has 0 aliphatic heterocycles. The summed E-state index contributed by atoms with van der Waals surface area (Å²) in [5, 5.41) is 16.3. The van der Waals surface area contributed by atoms with Crippen LogP contribution in [-0.2, 0) is 10.0 Å². The van der Waals surface area contributed by atoms with E-state index in [0.29, 0.717) is 16.6 Å². The number of allylic oxidation sites excluding steroid dienone is 1. The number of aliphatic imine (C=N–C) groups is 1. The molecule has 1 heterocycles. The highest BCUT2D eigenvalue weighted by molar-refractivity contribution is 7.90. The number of aromatic nitrogens is 3. The van der Waals surface area contributed by atoms with Gasteiger partial charge in [-0.1, -0.05) is 11.3 Å². The van der Waals surface area contributed by atoms with Crippen molar-refractivity contribution < 1.29 is 8.42 Å². The van der Waals surface area contributed by atoms with Gasteiger partial charge in [0.05, 0.1) is 17.4 Å². The third-order valence-electron chi connectivity index (χ3n) is 2.49. The average Bonchev–Trinajstić information content (AvgIpc) is 2.87. The first-order chi connectivity index (χ1) is 9.58. The first-order valence-corrected chi connectivity index (χ1v) is 7.25. The molecule has 2 rings (SSSR count). The van der Waals surface area contributed by atoms with Crippen molar-refractivity contribution in [1.29, 1.82) is 5.26 Å². The van der Waals surface area contributed by atoms with Gasteiger partial charge in [0.1, 0.15) is 11.0 Å². The highest BCUT2D eigenvalue weighted by Crippen LogP contribution is 2.15. The molecule has 2 aromatic rings. The molecule has 0 N–H and O–H groups in total. The molecule has 0 bridgehead atoms. The zero-order valence-electron chi connectivity index (χ0n) is 10.6. The number of benzene rings is 1. The molecule has 8 heteroatoms. The van der Waals surface area contributed by atoms with E-state index in [4.69, 9.17) is 5.26 Å². The number of rotatable bonds is 4. The van der Waals surface area contributed by atoms with Crippen molar-refractivity contribution in [2.75, 3.05) is 12.8 Å². The van der Waals surface area contributed by atoms with Gasteiger partial charge in [-0.15, -0.1) is 9.19 Å². The fraction of sp³-hybridized carbons (Fsp3) is 0.167. The average molecular weight is 289 g/mol. The van der Waals surface area contributed by atoms with Crippen LogP contribution >= 0.6 is 0 Å². The Hall–Kier alpha value is -2.53. The summed E-state index contributed by atoms with van der Waals surface area (Å²) in [6.45, 7) is 0. The first-order valence-electron chi connectivity index (χ1n) is 5.64. The summed E-state index contributed by atoms with van der Waals surface area (Å²) in [4.78, 5) is 3.71. The molecule has 0 amide bonds. The van der Waals surface area contributed by atoms with Crippen molar-refractivity contribution in [3.63, 3.8) is 0 Å². The maximum Gasteiger partial charge on any atom is 0.259 e. The van der Waals surface area contributed by atoms with Crippen LogP contribution in [0.15, 0.2) is 35.3 Å². The zero-order chi connectivity index (χ0) is 14.6. The Morgan fingerprint density at radius 3 is 3.00 bits per heavy atom. The van der Waals surface area contributed by atoms with Gasteiger partial charge in [-0.3, -0.25) is 4.99 Å². The number of nitrogens with zero attached hydrogens (tertiary/aromatic N) is 5. The predicted molar refractivity (Wildman–Crippen MR) is 75.0 cm³/mol. The molecule has 0 aliphatic carbocycles. The van der Waals surface area contributed by atoms with Crippen molar-refractivity contribution in [3.8, 4) is 6.07 Å². The number of hydrogen-bond acceptors (Lipinski definition) is 6. The summed E-state index contributed by atoms with van der Waals surface area (Å²) in [7, 11) is -2.07. The maximum absolute atomic E-state index is 12.2. The second kappa shape index (κ2) is 5.63. The van der Waals surface area contributed by atoms with E-state index in [1.165, 1.54) is 24.4 Å². The van der Waals surface area contributed by atoms with E-state index in [-0.39, 0.29) is 5.75 Å². The van der Waals surface area contributed by atoms with Crippen molar-refractivity contribution in [2.45, 2.75) is 0 Å². The molecule has 102 valence electrons. The zero-order valence-corrected chi connectivity index (χ0v) is 11.4. The molecule has 0 fully saturated rings. The molecule has 0 saturated heterocycles. The number of fused-ring (bicyclic) bond motifs is 1. The Morgan fingerprint density at radius 1 is 1.50 bits per heavy atom. The van der Waals surface area contributed by atoms with Crippen LogP contribution in [0.4, 0.5) is 0 Å². The van der Waals surface area contributed by atoms with E-state index in [0.717, 1.165) is 4.09 Å². The summed E-state index contributed by atoms with van der Waals surface area (Å²) in [5.74, 6) is -0.228. The van der Waals surface area contributed by atoms with Gasteiger partial charge in [0, 0.05) is 13.3 Å². The van der Waals surface area contributed by atoms with E-state index in [1.54, 1.807) is 19.2 Å². The summed E-state index contributed by atoms with van der Waals surface area (Å²) >= 11 is 0. The second-order valence-corrected chi connectivity index (χ2v) is 5.70. The van der Waals surface area contributed by atoms with Crippen molar-refractivity contribution in [2.24, 2.45) is 4.99 Å². The fourth-order valence-electron chi connectivity index (χ4n) is 1.57. The molecule has 20 heavy (non-hydrogen) atoms. The Kier molecular flexibility index (Phi) is 3.91. The van der Waals surface area contributed by atoms with Crippen LogP contribution in [0, 0.1) is 11.3 Å². The van der Waals surface area contributed by atoms with Gasteiger partial charge >= 0.3 is 0 Å². The quantitative estimate of drug-likeness (QED) is 0.772. The molecule has 1 aromatic carbocycles. The highest BCUT2D eigenvalue weighted by atomic mass is 32.2. The lowest BCUT2D eigenvalue weighted by Crippen LogP contribution is -2.17. The standard InChI is InChI=1S/C12H11N5O2S/c1-14-6-2-3-7-20(18,19)17-12-8-10(9-13)4-5-11(12)15-16-17/h2-6,8H,7H2,1H3/b3-2-,14-6-. The summed E-state index contributed by atoms with van der Waals surface area (Å²) in [6.07, 6.45) is 4.49. The van der Waals surface area contributed by atoms with Gasteiger partial charge in [0.2, 0.25) is 0 Å². The van der Waals surface area contributed by atoms with Crippen LogP contribution in [0.5, 0.6) is 0 Å². The van der Waals surface area contributed by atoms with Crippen LogP contribution in [0.2, 0.25) is 0 Å². The van der Waals surface area contributed by atoms with Gasteiger partial charge in [-0.25, -0.2) is 8.42 Å². The van der Waals surface area contributed by atoms with Gasteiger partial charge in [0.15, 0.2) is 0 Å². The lowest BCUT2D eigenvalue weighted by atomic mass is 10.2.